The summed E-state index contributed by atoms with van der Waals surface area (Å²) in [6.45, 7) is 4.27. The number of para-hydroxylation sites is 1. The first-order valence-electron chi connectivity index (χ1n) is 8.75. The lowest BCUT2D eigenvalue weighted by atomic mass is 9.93. The highest BCUT2D eigenvalue weighted by atomic mass is 16.5. The molecule has 0 aliphatic carbocycles. The molecule has 25 heavy (non-hydrogen) atoms. The lowest BCUT2D eigenvalue weighted by Crippen LogP contribution is -2.38. The zero-order chi connectivity index (χ0) is 17.3. The van der Waals surface area contributed by atoms with E-state index >= 15 is 0 Å². The molecule has 0 saturated carbocycles. The molecule has 3 heteroatoms. The number of aromatic nitrogens is 1. The van der Waals surface area contributed by atoms with E-state index < -0.39 is 0 Å². The molecule has 0 fully saturated rings. The molecule has 4 rings (SSSR count). The van der Waals surface area contributed by atoms with E-state index in [1.54, 1.807) is 0 Å². The molecule has 0 saturated heterocycles. The van der Waals surface area contributed by atoms with Gasteiger partial charge in [0.2, 0.25) is 5.90 Å². The second-order valence-electron chi connectivity index (χ2n) is 7.26. The monoisotopic (exact) mass is 330 g/mol. The largest absolute Gasteiger partial charge is 0.471 e. The minimum absolute atomic E-state index is 0.215. The van der Waals surface area contributed by atoms with Crippen LogP contribution in [-0.2, 0) is 11.2 Å². The molecule has 0 radical (unpaired) electrons. The average Bonchev–Trinajstić information content (AvgIpc) is 2.61. The Balaban J connectivity index is 1.68. The highest BCUT2D eigenvalue weighted by molar-refractivity contribution is 5.97. The van der Waals surface area contributed by atoms with Crippen LogP contribution in [0.2, 0.25) is 0 Å². The number of ether oxygens (including phenoxy) is 1. The number of fused-ring (bicyclic) bond motifs is 1. The predicted octanol–water partition coefficient (Wildman–Crippen LogP) is 4.79. The number of pyridine rings is 1. The van der Waals surface area contributed by atoms with Crippen molar-refractivity contribution in [3.8, 4) is 0 Å². The minimum Gasteiger partial charge on any atom is -0.471 e. The standard InChI is InChI=1S/C22H22N2O/c1-22(2)14-19(12-16-8-4-3-5-9-16)24-21(25-22)18-13-17-10-6-7-11-20(17)23-15-18/h3-11,13,15,19H,12,14H2,1-2H3. The van der Waals surface area contributed by atoms with Gasteiger partial charge in [0.1, 0.15) is 5.60 Å². The van der Waals surface area contributed by atoms with E-state index in [1.807, 2.05) is 30.5 Å². The van der Waals surface area contributed by atoms with Gasteiger partial charge in [-0.05, 0) is 38.0 Å². The van der Waals surface area contributed by atoms with E-state index in [0.29, 0.717) is 5.90 Å². The van der Waals surface area contributed by atoms with Gasteiger partial charge < -0.3 is 4.74 Å². The number of nitrogens with zero attached hydrogens (tertiary/aromatic N) is 2. The Bertz CT molecular complexity index is 915. The van der Waals surface area contributed by atoms with Gasteiger partial charge in [0, 0.05) is 18.0 Å². The Morgan fingerprint density at radius 2 is 1.80 bits per heavy atom. The second-order valence-corrected chi connectivity index (χ2v) is 7.26. The van der Waals surface area contributed by atoms with Crippen molar-refractivity contribution in [2.24, 2.45) is 4.99 Å². The normalized spacial score (nSPS) is 19.3. The van der Waals surface area contributed by atoms with Crippen LogP contribution in [0.3, 0.4) is 0 Å². The van der Waals surface area contributed by atoms with Crippen LogP contribution < -0.4 is 0 Å². The molecule has 0 bridgehead atoms. The van der Waals surface area contributed by atoms with Crippen LogP contribution in [0.25, 0.3) is 10.9 Å². The number of rotatable bonds is 3. The number of hydrogen-bond donors (Lipinski definition) is 0. The van der Waals surface area contributed by atoms with Gasteiger partial charge in [0.15, 0.2) is 0 Å². The molecule has 1 atom stereocenters. The summed E-state index contributed by atoms with van der Waals surface area (Å²) in [6, 6.07) is 21.0. The summed E-state index contributed by atoms with van der Waals surface area (Å²) in [6.07, 6.45) is 3.70. The van der Waals surface area contributed by atoms with Gasteiger partial charge >= 0.3 is 0 Å². The zero-order valence-corrected chi connectivity index (χ0v) is 14.6. The Morgan fingerprint density at radius 3 is 2.64 bits per heavy atom. The molecular weight excluding hydrogens is 308 g/mol. The Kier molecular flexibility index (Phi) is 4.00. The van der Waals surface area contributed by atoms with E-state index in [2.05, 4.69) is 55.2 Å². The van der Waals surface area contributed by atoms with Crippen molar-refractivity contribution in [3.63, 3.8) is 0 Å². The number of aliphatic imine (C=N–C) groups is 1. The van der Waals surface area contributed by atoms with Crippen molar-refractivity contribution < 1.29 is 4.74 Å². The fraction of sp³-hybridized carbons (Fsp3) is 0.273. The van der Waals surface area contributed by atoms with Gasteiger partial charge in [0.05, 0.1) is 17.1 Å². The van der Waals surface area contributed by atoms with E-state index in [0.717, 1.165) is 29.3 Å². The van der Waals surface area contributed by atoms with Gasteiger partial charge in [-0.2, -0.15) is 0 Å². The fourth-order valence-corrected chi connectivity index (χ4v) is 3.43. The molecule has 2 aromatic carbocycles. The van der Waals surface area contributed by atoms with Crippen LogP contribution in [0.1, 0.15) is 31.4 Å². The van der Waals surface area contributed by atoms with Crippen molar-refractivity contribution in [2.45, 2.75) is 38.3 Å². The van der Waals surface area contributed by atoms with Crippen LogP contribution >= 0.6 is 0 Å². The first-order valence-corrected chi connectivity index (χ1v) is 8.75. The minimum atomic E-state index is -0.234. The molecule has 0 amide bonds. The fourth-order valence-electron chi connectivity index (χ4n) is 3.43. The molecule has 3 nitrogen and oxygen atoms in total. The van der Waals surface area contributed by atoms with Crippen LogP contribution in [0.5, 0.6) is 0 Å². The lowest BCUT2D eigenvalue weighted by molar-refractivity contribution is 0.0634. The van der Waals surface area contributed by atoms with E-state index in [4.69, 9.17) is 9.73 Å². The molecule has 2 heterocycles. The van der Waals surface area contributed by atoms with E-state index in [1.165, 1.54) is 5.56 Å². The lowest BCUT2D eigenvalue weighted by Gasteiger charge is -2.34. The number of benzene rings is 2. The molecular formula is C22H22N2O. The van der Waals surface area contributed by atoms with Crippen LogP contribution in [0.4, 0.5) is 0 Å². The molecule has 1 aliphatic heterocycles. The van der Waals surface area contributed by atoms with Crippen molar-refractivity contribution in [3.05, 3.63) is 78.0 Å². The van der Waals surface area contributed by atoms with Crippen LogP contribution in [-0.4, -0.2) is 22.5 Å². The summed E-state index contributed by atoms with van der Waals surface area (Å²) < 4.78 is 6.19. The summed E-state index contributed by atoms with van der Waals surface area (Å²) in [4.78, 5) is 9.46. The predicted molar refractivity (Wildman–Crippen MR) is 102 cm³/mol. The van der Waals surface area contributed by atoms with E-state index in [-0.39, 0.29) is 11.6 Å². The summed E-state index contributed by atoms with van der Waals surface area (Å²) in [5.74, 6) is 0.704. The van der Waals surface area contributed by atoms with E-state index in [9.17, 15) is 0 Å². The molecule has 1 aromatic heterocycles. The first-order chi connectivity index (χ1) is 12.1. The Morgan fingerprint density at radius 1 is 1.04 bits per heavy atom. The quantitative estimate of drug-likeness (QED) is 0.692. The Hall–Kier alpha value is -2.68. The first kappa shape index (κ1) is 15.8. The highest BCUT2D eigenvalue weighted by Gasteiger charge is 2.32. The molecule has 1 unspecified atom stereocenters. The van der Waals surface area contributed by atoms with Gasteiger partial charge in [-0.1, -0.05) is 48.5 Å². The molecule has 3 aromatic rings. The second kappa shape index (κ2) is 6.32. The average molecular weight is 330 g/mol. The smallest absolute Gasteiger partial charge is 0.218 e. The molecule has 0 N–H and O–H groups in total. The third-order valence-electron chi connectivity index (χ3n) is 4.55. The van der Waals surface area contributed by atoms with Gasteiger partial charge in [-0.3, -0.25) is 4.98 Å². The van der Waals surface area contributed by atoms with Gasteiger partial charge in [-0.15, -0.1) is 0 Å². The SMILES string of the molecule is CC1(C)CC(Cc2ccccc2)N=C(c2cnc3ccccc3c2)O1. The van der Waals surface area contributed by atoms with Gasteiger partial charge in [-0.25, -0.2) is 4.99 Å². The van der Waals surface area contributed by atoms with Gasteiger partial charge in [0.25, 0.3) is 0 Å². The number of hydrogen-bond acceptors (Lipinski definition) is 3. The maximum Gasteiger partial charge on any atom is 0.218 e. The summed E-state index contributed by atoms with van der Waals surface area (Å²) >= 11 is 0. The highest BCUT2D eigenvalue weighted by Crippen LogP contribution is 2.28. The third-order valence-corrected chi connectivity index (χ3v) is 4.55. The Labute approximate surface area is 148 Å². The van der Waals surface area contributed by atoms with Crippen LogP contribution in [0.15, 0.2) is 71.9 Å². The molecule has 126 valence electrons. The maximum absolute atomic E-state index is 6.19. The topological polar surface area (TPSA) is 34.5 Å². The molecule has 0 spiro atoms. The summed E-state index contributed by atoms with van der Waals surface area (Å²) in [5.41, 5.74) is 3.01. The molecule has 1 aliphatic rings. The summed E-state index contributed by atoms with van der Waals surface area (Å²) in [5, 5.41) is 1.11. The van der Waals surface area contributed by atoms with Crippen LogP contribution in [0, 0.1) is 0 Å². The zero-order valence-electron chi connectivity index (χ0n) is 14.6. The van der Waals surface area contributed by atoms with Crippen molar-refractivity contribution >= 4 is 16.8 Å². The van der Waals surface area contributed by atoms with Crippen molar-refractivity contribution in [1.82, 2.24) is 4.98 Å². The van der Waals surface area contributed by atoms with Crippen molar-refractivity contribution in [2.75, 3.05) is 0 Å². The van der Waals surface area contributed by atoms with Crippen molar-refractivity contribution in [1.29, 1.82) is 0 Å². The maximum atomic E-state index is 6.19. The summed E-state index contributed by atoms with van der Waals surface area (Å²) in [7, 11) is 0. The third kappa shape index (κ3) is 3.55.